The van der Waals surface area contributed by atoms with Crippen LogP contribution in [0.15, 0.2) is 35.4 Å². The van der Waals surface area contributed by atoms with Gasteiger partial charge in [0.15, 0.2) is 0 Å². The van der Waals surface area contributed by atoms with Gasteiger partial charge in [-0.3, -0.25) is 4.57 Å². The van der Waals surface area contributed by atoms with Crippen molar-refractivity contribution >= 4 is 0 Å². The molecular formula is C13H14FN3O. The van der Waals surface area contributed by atoms with Gasteiger partial charge in [0.05, 0.1) is 6.54 Å². The van der Waals surface area contributed by atoms with E-state index >= 15 is 0 Å². The molecule has 0 radical (unpaired) electrons. The number of hydrogen-bond donors (Lipinski definition) is 1. The fourth-order valence-electron chi connectivity index (χ4n) is 1.78. The number of nitrogens with zero attached hydrogens (tertiary/aromatic N) is 2. The van der Waals surface area contributed by atoms with E-state index in [2.05, 4.69) is 4.98 Å². The van der Waals surface area contributed by atoms with Gasteiger partial charge in [0.25, 0.3) is 0 Å². The first-order valence-corrected chi connectivity index (χ1v) is 5.61. The third-order valence-electron chi connectivity index (χ3n) is 2.70. The molecule has 0 saturated carbocycles. The van der Waals surface area contributed by atoms with E-state index in [1.165, 1.54) is 10.8 Å². The highest BCUT2D eigenvalue weighted by Gasteiger charge is 2.08. The molecule has 0 atom stereocenters. The molecule has 0 aliphatic rings. The Bertz CT molecular complexity index is 622. The van der Waals surface area contributed by atoms with Crippen molar-refractivity contribution in [2.45, 2.75) is 20.0 Å². The van der Waals surface area contributed by atoms with Gasteiger partial charge in [0.1, 0.15) is 5.82 Å². The number of rotatable bonds is 3. The predicted octanol–water partition coefficient (Wildman–Crippen LogP) is 1.20. The van der Waals surface area contributed by atoms with Crippen LogP contribution < -0.4 is 11.4 Å². The highest BCUT2D eigenvalue weighted by molar-refractivity contribution is 5.26. The van der Waals surface area contributed by atoms with Gasteiger partial charge in [-0.25, -0.2) is 14.2 Å². The average Bonchev–Trinajstić information content (AvgIpc) is 2.36. The van der Waals surface area contributed by atoms with Crippen LogP contribution in [0.2, 0.25) is 0 Å². The second kappa shape index (κ2) is 5.10. The molecule has 18 heavy (non-hydrogen) atoms. The predicted molar refractivity (Wildman–Crippen MR) is 66.6 cm³/mol. The van der Waals surface area contributed by atoms with Crippen molar-refractivity contribution < 1.29 is 4.39 Å². The van der Waals surface area contributed by atoms with Crippen molar-refractivity contribution in [1.82, 2.24) is 9.55 Å². The van der Waals surface area contributed by atoms with E-state index in [1.54, 1.807) is 24.4 Å². The standard InChI is InChI=1S/C13H14FN3O/c1-9-6-16-13(18)17(7-9)8-11-4-2-3-10(5-15)12(11)14/h2-4,6-7H,5,8,15H2,1H3. The van der Waals surface area contributed by atoms with Crippen molar-refractivity contribution in [3.8, 4) is 0 Å². The molecule has 1 heterocycles. The van der Waals surface area contributed by atoms with Crippen LogP contribution >= 0.6 is 0 Å². The molecule has 94 valence electrons. The Morgan fingerprint density at radius 3 is 2.83 bits per heavy atom. The van der Waals surface area contributed by atoms with Gasteiger partial charge in [-0.1, -0.05) is 18.2 Å². The van der Waals surface area contributed by atoms with Crippen LogP contribution in [0.1, 0.15) is 16.7 Å². The minimum Gasteiger partial charge on any atom is -0.326 e. The van der Waals surface area contributed by atoms with Crippen molar-refractivity contribution in [1.29, 1.82) is 0 Å². The molecule has 0 aliphatic carbocycles. The van der Waals surface area contributed by atoms with Crippen LogP contribution in [0.25, 0.3) is 0 Å². The third kappa shape index (κ3) is 2.46. The smallest absolute Gasteiger partial charge is 0.326 e. The normalized spacial score (nSPS) is 10.6. The number of aromatic nitrogens is 2. The summed E-state index contributed by atoms with van der Waals surface area (Å²) in [6.45, 7) is 2.13. The lowest BCUT2D eigenvalue weighted by Crippen LogP contribution is -2.23. The highest BCUT2D eigenvalue weighted by Crippen LogP contribution is 2.13. The summed E-state index contributed by atoms with van der Waals surface area (Å²) in [6.07, 6.45) is 3.15. The molecular weight excluding hydrogens is 233 g/mol. The van der Waals surface area contributed by atoms with Crippen LogP contribution in [0.3, 0.4) is 0 Å². The molecule has 1 aromatic carbocycles. The second-order valence-electron chi connectivity index (χ2n) is 4.14. The van der Waals surface area contributed by atoms with E-state index in [9.17, 15) is 9.18 Å². The molecule has 0 spiro atoms. The maximum absolute atomic E-state index is 14.0. The van der Waals surface area contributed by atoms with Crippen LogP contribution in [0, 0.1) is 12.7 Å². The Hall–Kier alpha value is -2.01. The van der Waals surface area contributed by atoms with Crippen LogP contribution in [0.4, 0.5) is 4.39 Å². The summed E-state index contributed by atoms with van der Waals surface area (Å²) in [4.78, 5) is 15.3. The molecule has 5 heteroatoms. The lowest BCUT2D eigenvalue weighted by Gasteiger charge is -2.09. The maximum Gasteiger partial charge on any atom is 0.347 e. The monoisotopic (exact) mass is 247 g/mol. The number of aryl methyl sites for hydroxylation is 1. The second-order valence-corrected chi connectivity index (χ2v) is 4.14. The minimum atomic E-state index is -0.391. The fourth-order valence-corrected chi connectivity index (χ4v) is 1.78. The highest BCUT2D eigenvalue weighted by atomic mass is 19.1. The van der Waals surface area contributed by atoms with Crippen LogP contribution in [0.5, 0.6) is 0 Å². The molecule has 0 unspecified atom stereocenters. The lowest BCUT2D eigenvalue weighted by molar-refractivity contribution is 0.578. The maximum atomic E-state index is 14.0. The Balaban J connectivity index is 2.40. The molecule has 0 aliphatic heterocycles. The van der Waals surface area contributed by atoms with Gasteiger partial charge < -0.3 is 5.73 Å². The van der Waals surface area contributed by atoms with Crippen LogP contribution in [-0.4, -0.2) is 9.55 Å². The number of halogens is 1. The molecule has 0 bridgehead atoms. The molecule has 2 rings (SSSR count). The van der Waals surface area contributed by atoms with Crippen molar-refractivity contribution in [3.63, 3.8) is 0 Å². The van der Waals surface area contributed by atoms with Gasteiger partial charge in [-0.15, -0.1) is 0 Å². The van der Waals surface area contributed by atoms with E-state index in [0.29, 0.717) is 11.1 Å². The summed E-state index contributed by atoms with van der Waals surface area (Å²) < 4.78 is 15.4. The summed E-state index contributed by atoms with van der Waals surface area (Å²) in [6, 6.07) is 5.01. The van der Waals surface area contributed by atoms with Gasteiger partial charge in [0.2, 0.25) is 0 Å². The lowest BCUT2D eigenvalue weighted by atomic mass is 10.1. The van der Waals surface area contributed by atoms with Gasteiger partial charge in [0, 0.05) is 30.1 Å². The summed E-state index contributed by atoms with van der Waals surface area (Å²) in [7, 11) is 0. The van der Waals surface area contributed by atoms with E-state index in [-0.39, 0.29) is 18.9 Å². The van der Waals surface area contributed by atoms with Gasteiger partial charge in [-0.05, 0) is 12.5 Å². The number of benzene rings is 1. The van der Waals surface area contributed by atoms with E-state index < -0.39 is 5.69 Å². The zero-order valence-electron chi connectivity index (χ0n) is 10.1. The van der Waals surface area contributed by atoms with Gasteiger partial charge >= 0.3 is 5.69 Å². The minimum absolute atomic E-state index is 0.140. The van der Waals surface area contributed by atoms with Crippen molar-refractivity contribution in [3.05, 3.63) is 63.6 Å². The molecule has 4 nitrogen and oxygen atoms in total. The average molecular weight is 247 g/mol. The van der Waals surface area contributed by atoms with E-state index in [0.717, 1.165) is 5.56 Å². The Kier molecular flexibility index (Phi) is 3.53. The summed E-state index contributed by atoms with van der Waals surface area (Å²) in [5.41, 5.74) is 6.79. The van der Waals surface area contributed by atoms with Crippen molar-refractivity contribution in [2.75, 3.05) is 0 Å². The Labute approximate surface area is 104 Å². The number of nitrogens with two attached hydrogens (primary N) is 1. The summed E-state index contributed by atoms with van der Waals surface area (Å²) >= 11 is 0. The van der Waals surface area contributed by atoms with E-state index in [1.807, 2.05) is 6.92 Å². The topological polar surface area (TPSA) is 60.9 Å². The summed E-state index contributed by atoms with van der Waals surface area (Å²) in [5.74, 6) is -0.353. The third-order valence-corrected chi connectivity index (χ3v) is 2.70. The summed E-state index contributed by atoms with van der Waals surface area (Å²) in [5, 5.41) is 0. The van der Waals surface area contributed by atoms with Crippen molar-refractivity contribution in [2.24, 2.45) is 5.73 Å². The Morgan fingerprint density at radius 2 is 2.11 bits per heavy atom. The number of hydrogen-bond acceptors (Lipinski definition) is 3. The zero-order valence-corrected chi connectivity index (χ0v) is 10.1. The largest absolute Gasteiger partial charge is 0.347 e. The van der Waals surface area contributed by atoms with Gasteiger partial charge in [-0.2, -0.15) is 0 Å². The fraction of sp³-hybridized carbons (Fsp3) is 0.231. The molecule has 0 amide bonds. The quantitative estimate of drug-likeness (QED) is 0.886. The molecule has 0 saturated heterocycles. The van der Waals surface area contributed by atoms with Crippen LogP contribution in [-0.2, 0) is 13.1 Å². The molecule has 0 fully saturated rings. The molecule has 2 N–H and O–H groups in total. The Morgan fingerprint density at radius 1 is 1.39 bits per heavy atom. The zero-order chi connectivity index (χ0) is 13.1. The SMILES string of the molecule is Cc1cnc(=O)n(Cc2cccc(CN)c2F)c1. The molecule has 1 aromatic heterocycles. The first kappa shape index (κ1) is 12.4. The first-order chi connectivity index (χ1) is 8.61. The molecule has 2 aromatic rings. The van der Waals surface area contributed by atoms with E-state index in [4.69, 9.17) is 5.73 Å². The first-order valence-electron chi connectivity index (χ1n) is 5.61.